The zero-order valence-electron chi connectivity index (χ0n) is 35.7. The van der Waals surface area contributed by atoms with Gasteiger partial charge in [-0.2, -0.15) is 0 Å². The van der Waals surface area contributed by atoms with Crippen molar-refractivity contribution in [2.24, 2.45) is 22.9 Å². The number of aliphatic hydroxyl groups is 2. The van der Waals surface area contributed by atoms with Gasteiger partial charge in [0, 0.05) is 37.7 Å². The highest BCUT2D eigenvalue weighted by atomic mass is 16.7. The SMILES string of the molecule is C=CCCOC(=O)N(CCC)[C@H]1CC(=NOCc2ccccc2)C2=C[C@H](CCCCO)[C@@H](CCCCO)[C@@H]3c4cc(Oc5ccc(C)c(C)c5)ccc4O[C@@]1(OCC=C)[C@H]23. The van der Waals surface area contributed by atoms with Crippen molar-refractivity contribution in [2.75, 3.05) is 33.0 Å². The Morgan fingerprint density at radius 2 is 1.70 bits per heavy atom. The van der Waals surface area contributed by atoms with Crippen LogP contribution in [0.4, 0.5) is 4.79 Å². The maximum atomic E-state index is 14.3. The molecule has 60 heavy (non-hydrogen) atoms. The van der Waals surface area contributed by atoms with Gasteiger partial charge in [0.15, 0.2) is 0 Å². The van der Waals surface area contributed by atoms with E-state index >= 15 is 0 Å². The topological polar surface area (TPSA) is 119 Å². The number of oxime groups is 1. The summed E-state index contributed by atoms with van der Waals surface area (Å²) in [6.07, 6.45) is 11.6. The molecule has 1 fully saturated rings. The van der Waals surface area contributed by atoms with Crippen LogP contribution < -0.4 is 9.47 Å². The monoisotopic (exact) mass is 820 g/mol. The Morgan fingerprint density at radius 3 is 2.42 bits per heavy atom. The van der Waals surface area contributed by atoms with Gasteiger partial charge in [-0.05, 0) is 117 Å². The summed E-state index contributed by atoms with van der Waals surface area (Å²) >= 11 is 0. The Labute approximate surface area is 356 Å². The molecule has 10 nitrogen and oxygen atoms in total. The minimum absolute atomic E-state index is 0.0830. The van der Waals surface area contributed by atoms with E-state index in [1.807, 2.05) is 55.5 Å². The highest BCUT2D eigenvalue weighted by Gasteiger charge is 2.65. The third kappa shape index (κ3) is 10.2. The highest BCUT2D eigenvalue weighted by Crippen LogP contribution is 2.62. The lowest BCUT2D eigenvalue weighted by atomic mass is 9.55. The number of fused-ring (bicyclic) bond motifs is 2. The fourth-order valence-corrected chi connectivity index (χ4v) is 9.31. The van der Waals surface area contributed by atoms with Crippen LogP contribution in [0.2, 0.25) is 0 Å². The molecule has 0 aromatic heterocycles. The van der Waals surface area contributed by atoms with Crippen LogP contribution in [-0.2, 0) is 20.9 Å². The number of allylic oxidation sites excluding steroid dienone is 1. The molecule has 0 bridgehead atoms. The molecule has 0 unspecified atom stereocenters. The van der Waals surface area contributed by atoms with Crippen LogP contribution in [0.25, 0.3) is 0 Å². The van der Waals surface area contributed by atoms with Crippen molar-refractivity contribution in [3.8, 4) is 17.2 Å². The minimum Gasteiger partial charge on any atom is -0.459 e. The third-order valence-corrected chi connectivity index (χ3v) is 12.2. The van der Waals surface area contributed by atoms with E-state index in [0.717, 1.165) is 59.4 Å². The summed E-state index contributed by atoms with van der Waals surface area (Å²) in [4.78, 5) is 22.3. The van der Waals surface area contributed by atoms with Crippen molar-refractivity contribution in [1.29, 1.82) is 0 Å². The molecule has 1 aliphatic heterocycles. The maximum absolute atomic E-state index is 14.3. The molecule has 3 aromatic rings. The molecule has 0 spiro atoms. The standard InChI is InChI=1S/C50H64N2O8/c1-6-9-29-56-49(55)52(25-7-2)46-33-44(51-58-34-37-17-11-10-12-18-37)42-31-38(19-13-15-26-53)41(20-14-16-27-54)47-43-32-40(59-39-22-21-35(4)36(5)30-39)23-24-45(43)60-50(46,48(42)47)57-28-8-3/h6,8,10-12,17-18,21-24,30-32,38,41,46-48,53-54H,1,3,7,9,13-16,19-20,25-29,33-34H2,2,4-5H3/t38-,41+,46-,47+,48+,50+/m0/s1. The van der Waals surface area contributed by atoms with Crippen molar-refractivity contribution < 1.29 is 38.8 Å². The Hall–Kier alpha value is -4.90. The molecule has 1 amide bonds. The molecule has 1 saturated carbocycles. The molecule has 2 N–H and O–H groups in total. The fraction of sp³-hybridized carbons (Fsp3) is 0.480. The number of nitrogens with zero attached hydrogens (tertiary/aromatic N) is 2. The number of unbranched alkanes of at least 4 members (excludes halogenated alkanes) is 2. The van der Waals surface area contributed by atoms with Gasteiger partial charge in [0.1, 0.15) is 29.9 Å². The van der Waals surface area contributed by atoms with Crippen molar-refractivity contribution in [3.05, 3.63) is 126 Å². The lowest BCUT2D eigenvalue weighted by Gasteiger charge is -2.59. The Balaban J connectivity index is 1.57. The summed E-state index contributed by atoms with van der Waals surface area (Å²) in [6, 6.07) is 21.4. The summed E-state index contributed by atoms with van der Waals surface area (Å²) in [5, 5.41) is 24.8. The molecule has 3 aromatic carbocycles. The summed E-state index contributed by atoms with van der Waals surface area (Å²) in [7, 11) is 0. The van der Waals surface area contributed by atoms with Crippen molar-refractivity contribution in [1.82, 2.24) is 4.90 Å². The van der Waals surface area contributed by atoms with E-state index in [0.29, 0.717) is 50.1 Å². The largest absolute Gasteiger partial charge is 0.459 e. The van der Waals surface area contributed by atoms with Crippen LogP contribution in [0.3, 0.4) is 0 Å². The first-order valence-corrected chi connectivity index (χ1v) is 21.8. The second-order valence-corrected chi connectivity index (χ2v) is 16.3. The molecular formula is C50H64N2O8. The van der Waals surface area contributed by atoms with Crippen molar-refractivity contribution in [2.45, 2.75) is 103 Å². The Bertz CT molecular complexity index is 1960. The molecule has 10 heteroatoms. The first-order chi connectivity index (χ1) is 29.3. The molecule has 0 radical (unpaired) electrons. The van der Waals surface area contributed by atoms with Crippen LogP contribution >= 0.6 is 0 Å². The average molecular weight is 821 g/mol. The Morgan fingerprint density at radius 1 is 0.950 bits per heavy atom. The van der Waals surface area contributed by atoms with E-state index < -0.39 is 23.8 Å². The number of rotatable bonds is 22. The summed E-state index contributed by atoms with van der Waals surface area (Å²) in [5.74, 6) is 0.299. The number of carbonyl (C=O) groups excluding carboxylic acids is 1. The van der Waals surface area contributed by atoms with Gasteiger partial charge in [-0.1, -0.05) is 79.5 Å². The number of aryl methyl sites for hydroxylation is 2. The number of carbonyl (C=O) groups is 1. The Kier molecular flexibility index (Phi) is 16.0. The molecule has 0 saturated heterocycles. The maximum Gasteiger partial charge on any atom is 0.410 e. The van der Waals surface area contributed by atoms with Crippen molar-refractivity contribution >= 4 is 11.8 Å². The summed E-state index contributed by atoms with van der Waals surface area (Å²) in [5.41, 5.74) is 6.03. The van der Waals surface area contributed by atoms with Crippen LogP contribution in [0.15, 0.2) is 109 Å². The number of benzene rings is 3. The van der Waals surface area contributed by atoms with Crippen LogP contribution in [0, 0.1) is 31.6 Å². The number of amides is 1. The van der Waals surface area contributed by atoms with E-state index in [2.05, 4.69) is 51.3 Å². The predicted molar refractivity (Wildman–Crippen MR) is 235 cm³/mol. The first-order valence-electron chi connectivity index (χ1n) is 21.8. The lowest BCUT2D eigenvalue weighted by Crippen LogP contribution is -2.70. The lowest BCUT2D eigenvalue weighted by molar-refractivity contribution is -0.255. The smallest absolute Gasteiger partial charge is 0.410 e. The molecule has 322 valence electrons. The second kappa shape index (κ2) is 21.6. The van der Waals surface area contributed by atoms with E-state index in [1.54, 1.807) is 17.1 Å². The van der Waals surface area contributed by atoms with E-state index in [4.69, 9.17) is 28.9 Å². The minimum atomic E-state index is -1.37. The number of hydrogen-bond acceptors (Lipinski definition) is 9. The van der Waals surface area contributed by atoms with Crippen molar-refractivity contribution in [3.63, 3.8) is 0 Å². The molecule has 3 aliphatic rings. The van der Waals surface area contributed by atoms with E-state index in [1.165, 1.54) is 5.56 Å². The predicted octanol–water partition coefficient (Wildman–Crippen LogP) is 10.4. The molecule has 2 aliphatic carbocycles. The molecular weight excluding hydrogens is 757 g/mol. The van der Waals surface area contributed by atoms with Gasteiger partial charge >= 0.3 is 6.09 Å². The second-order valence-electron chi connectivity index (χ2n) is 16.3. The third-order valence-electron chi connectivity index (χ3n) is 12.2. The van der Waals surface area contributed by atoms with Gasteiger partial charge in [0.25, 0.3) is 0 Å². The zero-order valence-corrected chi connectivity index (χ0v) is 35.7. The van der Waals surface area contributed by atoms with Crippen LogP contribution in [0.5, 0.6) is 17.2 Å². The number of hydrogen-bond donors (Lipinski definition) is 2. The number of ether oxygens (including phenoxy) is 4. The fourth-order valence-electron chi connectivity index (χ4n) is 9.31. The van der Waals surface area contributed by atoms with Gasteiger partial charge in [0.2, 0.25) is 5.79 Å². The molecule has 6 atom stereocenters. The zero-order chi connectivity index (χ0) is 42.5. The first kappa shape index (κ1) is 44.6. The van der Waals surface area contributed by atoms with Gasteiger partial charge in [-0.25, -0.2) is 4.79 Å². The number of aliphatic hydroxyl groups excluding tert-OH is 2. The summed E-state index contributed by atoms with van der Waals surface area (Å²) < 4.78 is 26.9. The highest BCUT2D eigenvalue weighted by molar-refractivity contribution is 6.03. The van der Waals surface area contributed by atoms with Crippen LogP contribution in [-0.4, -0.2) is 71.7 Å². The van der Waals surface area contributed by atoms with Gasteiger partial charge in [-0.3, -0.25) is 4.90 Å². The van der Waals surface area contributed by atoms with E-state index in [-0.39, 0.29) is 50.8 Å². The van der Waals surface area contributed by atoms with Crippen LogP contribution in [0.1, 0.15) is 92.9 Å². The molecule has 1 heterocycles. The quantitative estimate of drug-likeness (QED) is 0.0584. The molecule has 6 rings (SSSR count). The summed E-state index contributed by atoms with van der Waals surface area (Å²) in [6.45, 7) is 15.3. The van der Waals surface area contributed by atoms with E-state index in [9.17, 15) is 15.0 Å². The van der Waals surface area contributed by atoms with Gasteiger partial charge < -0.3 is 34.0 Å². The van der Waals surface area contributed by atoms with Gasteiger partial charge in [-0.15, -0.1) is 13.2 Å². The normalized spacial score (nSPS) is 23.4. The van der Waals surface area contributed by atoms with Gasteiger partial charge in [0.05, 0.1) is 24.8 Å². The average Bonchev–Trinajstić information content (AvgIpc) is 3.25.